The van der Waals surface area contributed by atoms with E-state index in [9.17, 15) is 0 Å². The van der Waals surface area contributed by atoms with Crippen molar-refractivity contribution in [1.29, 1.82) is 0 Å². The average Bonchev–Trinajstić information content (AvgIpc) is 2.05. The van der Waals surface area contributed by atoms with E-state index in [1.165, 1.54) is 38.6 Å². The molecule has 2 aliphatic heterocycles. The third kappa shape index (κ3) is 1.02. The van der Waals surface area contributed by atoms with E-state index < -0.39 is 0 Å². The van der Waals surface area contributed by atoms with E-state index >= 15 is 0 Å². The van der Waals surface area contributed by atoms with Crippen LogP contribution in [-0.4, -0.2) is 23.8 Å². The summed E-state index contributed by atoms with van der Waals surface area (Å²) in [5.74, 6) is 0. The number of hydrogen-bond acceptors (Lipinski definition) is 2. The second-order valence-electron chi connectivity index (χ2n) is 3.19. The fourth-order valence-corrected chi connectivity index (χ4v) is 1.86. The molecule has 1 unspecified atom stereocenters. The van der Waals surface area contributed by atoms with Crippen LogP contribution in [0.3, 0.4) is 0 Å². The highest BCUT2D eigenvalue weighted by molar-refractivity contribution is 5.57. The van der Waals surface area contributed by atoms with E-state index in [0.29, 0.717) is 0 Å². The zero-order valence-corrected chi connectivity index (χ0v) is 6.29. The van der Waals surface area contributed by atoms with Crippen LogP contribution in [0.5, 0.6) is 0 Å². The molecule has 2 rings (SSSR count). The number of piperidine rings is 1. The number of rotatable bonds is 0. The summed E-state index contributed by atoms with van der Waals surface area (Å²) in [5, 5.41) is 6.63. The zero-order chi connectivity index (χ0) is 6.81. The van der Waals surface area contributed by atoms with Crippen LogP contribution in [0, 0.1) is 0 Å². The monoisotopic (exact) mass is 138 g/mol. The summed E-state index contributed by atoms with van der Waals surface area (Å²) in [6.07, 6.45) is 8.72. The molecule has 2 nitrogen and oxygen atoms in total. The van der Waals surface area contributed by atoms with Crippen molar-refractivity contribution in [3.63, 3.8) is 0 Å². The van der Waals surface area contributed by atoms with Gasteiger partial charge in [-0.05, 0) is 32.1 Å². The lowest BCUT2D eigenvalue weighted by Crippen LogP contribution is -2.37. The van der Waals surface area contributed by atoms with Gasteiger partial charge in [-0.15, -0.1) is 0 Å². The molecule has 2 heterocycles. The van der Waals surface area contributed by atoms with Gasteiger partial charge in [0.25, 0.3) is 0 Å². The zero-order valence-electron chi connectivity index (χ0n) is 6.29. The summed E-state index contributed by atoms with van der Waals surface area (Å²) in [5.41, 5.74) is 0. The van der Waals surface area contributed by atoms with E-state index in [0.717, 1.165) is 6.04 Å². The van der Waals surface area contributed by atoms with Gasteiger partial charge in [0.15, 0.2) is 0 Å². The molecule has 56 valence electrons. The molecule has 0 radical (unpaired) electrons. The number of hydrogen-bond donors (Lipinski definition) is 0. The normalized spacial score (nSPS) is 32.0. The maximum atomic E-state index is 4.36. The van der Waals surface area contributed by atoms with Crippen LogP contribution in [0.2, 0.25) is 0 Å². The molecule has 0 spiro atoms. The molecule has 2 aliphatic rings. The van der Waals surface area contributed by atoms with Crippen molar-refractivity contribution in [1.82, 2.24) is 5.01 Å². The van der Waals surface area contributed by atoms with Crippen molar-refractivity contribution in [3.05, 3.63) is 0 Å². The van der Waals surface area contributed by atoms with Crippen molar-refractivity contribution in [3.8, 4) is 0 Å². The Morgan fingerprint density at radius 2 is 2.30 bits per heavy atom. The van der Waals surface area contributed by atoms with Crippen molar-refractivity contribution in [2.45, 2.75) is 38.1 Å². The topological polar surface area (TPSA) is 15.6 Å². The van der Waals surface area contributed by atoms with Crippen LogP contribution >= 0.6 is 0 Å². The molecule has 0 N–H and O–H groups in total. The molecule has 0 amide bonds. The van der Waals surface area contributed by atoms with Gasteiger partial charge >= 0.3 is 0 Å². The van der Waals surface area contributed by atoms with Crippen LogP contribution < -0.4 is 0 Å². The fourth-order valence-electron chi connectivity index (χ4n) is 1.86. The van der Waals surface area contributed by atoms with Gasteiger partial charge in [0, 0.05) is 18.8 Å². The first-order chi connectivity index (χ1) is 4.97. The van der Waals surface area contributed by atoms with Gasteiger partial charge in [-0.25, -0.2) is 0 Å². The van der Waals surface area contributed by atoms with E-state index in [4.69, 9.17) is 0 Å². The predicted octanol–water partition coefficient (Wildman–Crippen LogP) is 1.62. The first-order valence-corrected chi connectivity index (χ1v) is 4.26. The summed E-state index contributed by atoms with van der Waals surface area (Å²) < 4.78 is 0. The van der Waals surface area contributed by atoms with Gasteiger partial charge in [-0.1, -0.05) is 0 Å². The summed E-state index contributed by atoms with van der Waals surface area (Å²) >= 11 is 0. The minimum absolute atomic E-state index is 0.791. The molecule has 1 atom stereocenters. The van der Waals surface area contributed by atoms with Gasteiger partial charge in [-0.3, -0.25) is 5.01 Å². The van der Waals surface area contributed by atoms with Crippen LogP contribution in [-0.2, 0) is 0 Å². The molecule has 10 heavy (non-hydrogen) atoms. The van der Waals surface area contributed by atoms with Gasteiger partial charge < -0.3 is 0 Å². The molecule has 0 saturated carbocycles. The van der Waals surface area contributed by atoms with Gasteiger partial charge in [0.05, 0.1) is 0 Å². The lowest BCUT2D eigenvalue weighted by Gasteiger charge is -2.35. The Hall–Kier alpha value is -0.530. The third-order valence-corrected chi connectivity index (χ3v) is 2.46. The van der Waals surface area contributed by atoms with Crippen molar-refractivity contribution >= 4 is 6.21 Å². The van der Waals surface area contributed by atoms with Crippen LogP contribution in [0.25, 0.3) is 0 Å². The Morgan fingerprint density at radius 1 is 1.30 bits per heavy atom. The molecule has 2 heteroatoms. The van der Waals surface area contributed by atoms with E-state index in [1.807, 2.05) is 0 Å². The third-order valence-electron chi connectivity index (χ3n) is 2.46. The first-order valence-electron chi connectivity index (χ1n) is 4.26. The standard InChI is InChI=1S/C8H14N2/c1-2-7-10-8(4-1)5-3-6-9-10/h6,8H,1-5,7H2. The van der Waals surface area contributed by atoms with Crippen LogP contribution in [0.1, 0.15) is 32.1 Å². The van der Waals surface area contributed by atoms with Crippen molar-refractivity contribution in [2.75, 3.05) is 6.54 Å². The van der Waals surface area contributed by atoms with Crippen molar-refractivity contribution < 1.29 is 0 Å². The van der Waals surface area contributed by atoms with E-state index in [1.54, 1.807) is 0 Å². The lowest BCUT2D eigenvalue weighted by atomic mass is 9.99. The van der Waals surface area contributed by atoms with Crippen LogP contribution in [0.4, 0.5) is 0 Å². The number of fused-ring (bicyclic) bond motifs is 1. The average molecular weight is 138 g/mol. The lowest BCUT2D eigenvalue weighted by molar-refractivity contribution is 0.140. The SMILES string of the molecule is C1=NN2CCCCC2CC1. The summed E-state index contributed by atoms with van der Waals surface area (Å²) in [7, 11) is 0. The molecule has 0 aromatic rings. The largest absolute Gasteiger partial charge is 0.294 e. The second kappa shape index (κ2) is 2.60. The summed E-state index contributed by atoms with van der Waals surface area (Å²) in [6, 6.07) is 0.791. The van der Waals surface area contributed by atoms with Gasteiger partial charge in [-0.2, -0.15) is 5.10 Å². The minimum atomic E-state index is 0.791. The summed E-state index contributed by atoms with van der Waals surface area (Å²) in [4.78, 5) is 0. The molecule has 0 aromatic carbocycles. The molecular formula is C8H14N2. The maximum Gasteiger partial charge on any atom is 0.0474 e. The Bertz CT molecular complexity index is 142. The van der Waals surface area contributed by atoms with E-state index in [-0.39, 0.29) is 0 Å². The van der Waals surface area contributed by atoms with Gasteiger partial charge in [0.1, 0.15) is 0 Å². The highest BCUT2D eigenvalue weighted by Gasteiger charge is 2.21. The Balaban J connectivity index is 2.03. The van der Waals surface area contributed by atoms with Crippen LogP contribution in [0.15, 0.2) is 5.10 Å². The Morgan fingerprint density at radius 3 is 3.20 bits per heavy atom. The van der Waals surface area contributed by atoms with Crippen molar-refractivity contribution in [2.24, 2.45) is 5.10 Å². The first kappa shape index (κ1) is 6.20. The molecule has 1 saturated heterocycles. The second-order valence-corrected chi connectivity index (χ2v) is 3.19. The molecule has 0 aliphatic carbocycles. The number of hydrazone groups is 1. The maximum absolute atomic E-state index is 4.36. The predicted molar refractivity (Wildman–Crippen MR) is 42.1 cm³/mol. The molecule has 0 bridgehead atoms. The molecule has 0 aromatic heterocycles. The molecule has 1 fully saturated rings. The molecular weight excluding hydrogens is 124 g/mol. The highest BCUT2D eigenvalue weighted by Crippen LogP contribution is 2.22. The number of nitrogens with zero attached hydrogens (tertiary/aromatic N) is 2. The van der Waals surface area contributed by atoms with E-state index in [2.05, 4.69) is 16.3 Å². The highest BCUT2D eigenvalue weighted by atomic mass is 15.5. The smallest absolute Gasteiger partial charge is 0.0474 e. The Labute approximate surface area is 61.9 Å². The fraction of sp³-hybridized carbons (Fsp3) is 0.875. The summed E-state index contributed by atoms with van der Waals surface area (Å²) in [6.45, 7) is 1.20. The minimum Gasteiger partial charge on any atom is -0.294 e. The quantitative estimate of drug-likeness (QED) is 0.496. The van der Waals surface area contributed by atoms with Gasteiger partial charge in [0.2, 0.25) is 0 Å². The Kier molecular flexibility index (Phi) is 1.61.